The molecular formula is C28H27N3O6S2. The van der Waals surface area contributed by atoms with Crippen molar-refractivity contribution in [3.05, 3.63) is 82.9 Å². The van der Waals surface area contributed by atoms with Crippen molar-refractivity contribution in [2.45, 2.75) is 49.7 Å². The van der Waals surface area contributed by atoms with E-state index in [9.17, 15) is 23.4 Å². The number of nitriles is 1. The van der Waals surface area contributed by atoms with Crippen LogP contribution in [0, 0.1) is 11.3 Å². The number of aliphatic hydroxyl groups is 2. The lowest BCUT2D eigenvalue weighted by atomic mass is 10.1. The van der Waals surface area contributed by atoms with Gasteiger partial charge in [0.15, 0.2) is 15.0 Å². The number of hydrogen-bond donors (Lipinski definition) is 3. The maximum atomic E-state index is 13.6. The highest BCUT2D eigenvalue weighted by molar-refractivity contribution is 7.92. The molecule has 0 aliphatic heterocycles. The zero-order valence-corrected chi connectivity index (χ0v) is 23.1. The number of benzene rings is 3. The van der Waals surface area contributed by atoms with E-state index in [0.29, 0.717) is 38.2 Å². The molecule has 1 heterocycles. The van der Waals surface area contributed by atoms with Gasteiger partial charge in [0.25, 0.3) is 5.91 Å². The van der Waals surface area contributed by atoms with E-state index in [1.165, 1.54) is 23.5 Å². The standard InChI is InChI=1S/C28H27N3O6S2/c1-28(2,3)39(35,36)22-6-4-5-18(11-22)25(37-21-9-7-17(14-29)8-10-21)26(34)31-27-30-23-12-19(15-32)20(16-33)13-24(23)38-27/h4-13,25,32-33H,15-16H2,1-3H3,(H,30,31,34). The third kappa shape index (κ3) is 5.94. The second-order valence-corrected chi connectivity index (χ2v) is 13.5. The molecule has 3 aromatic carbocycles. The van der Waals surface area contributed by atoms with Crippen LogP contribution in [-0.4, -0.2) is 34.3 Å². The summed E-state index contributed by atoms with van der Waals surface area (Å²) in [4.78, 5) is 18.1. The van der Waals surface area contributed by atoms with Gasteiger partial charge in [0, 0.05) is 5.56 Å². The molecule has 0 radical (unpaired) electrons. The first-order chi connectivity index (χ1) is 18.5. The Bertz CT molecular complexity index is 1630. The number of carbonyl (C=O) groups is 1. The van der Waals surface area contributed by atoms with E-state index in [1.807, 2.05) is 6.07 Å². The number of thiazole rings is 1. The Morgan fingerprint density at radius 2 is 1.74 bits per heavy atom. The fourth-order valence-electron chi connectivity index (χ4n) is 3.79. The van der Waals surface area contributed by atoms with Gasteiger partial charge in [-0.15, -0.1) is 0 Å². The summed E-state index contributed by atoms with van der Waals surface area (Å²) in [6.45, 7) is 4.29. The third-order valence-corrected chi connectivity index (χ3v) is 9.45. The Labute approximate surface area is 230 Å². The van der Waals surface area contributed by atoms with Crippen LogP contribution < -0.4 is 10.1 Å². The minimum atomic E-state index is -3.70. The Hall–Kier alpha value is -3.82. The number of hydrogen-bond acceptors (Lipinski definition) is 9. The third-order valence-electron chi connectivity index (χ3n) is 6.03. The number of nitrogens with one attached hydrogen (secondary N) is 1. The summed E-state index contributed by atoms with van der Waals surface area (Å²) in [6.07, 6.45) is -1.25. The molecule has 1 unspecified atom stereocenters. The van der Waals surface area contributed by atoms with Gasteiger partial charge in [0.05, 0.1) is 44.7 Å². The molecule has 1 amide bonds. The van der Waals surface area contributed by atoms with E-state index >= 15 is 0 Å². The zero-order chi connectivity index (χ0) is 28.4. The summed E-state index contributed by atoms with van der Waals surface area (Å²) in [6, 6.07) is 17.7. The van der Waals surface area contributed by atoms with Gasteiger partial charge >= 0.3 is 0 Å². The summed E-state index contributed by atoms with van der Waals surface area (Å²) >= 11 is 1.19. The summed E-state index contributed by atoms with van der Waals surface area (Å²) < 4.78 is 31.9. The highest BCUT2D eigenvalue weighted by Gasteiger charge is 2.32. The van der Waals surface area contributed by atoms with Crippen molar-refractivity contribution in [1.82, 2.24) is 4.98 Å². The fraction of sp³-hybridized carbons (Fsp3) is 0.250. The second-order valence-electron chi connectivity index (χ2n) is 9.74. The highest BCUT2D eigenvalue weighted by atomic mass is 32.2. The van der Waals surface area contributed by atoms with Gasteiger partial charge in [0.1, 0.15) is 5.75 Å². The molecule has 39 heavy (non-hydrogen) atoms. The lowest BCUT2D eigenvalue weighted by Gasteiger charge is -2.22. The van der Waals surface area contributed by atoms with Gasteiger partial charge in [-0.3, -0.25) is 10.1 Å². The molecule has 4 aromatic rings. The Kier molecular flexibility index (Phi) is 8.04. The van der Waals surface area contributed by atoms with Crippen molar-refractivity contribution in [3.8, 4) is 11.8 Å². The van der Waals surface area contributed by atoms with Crippen LogP contribution in [0.3, 0.4) is 0 Å². The van der Waals surface area contributed by atoms with Crippen LogP contribution in [0.15, 0.2) is 65.6 Å². The van der Waals surface area contributed by atoms with Gasteiger partial charge in [-0.2, -0.15) is 5.26 Å². The van der Waals surface area contributed by atoms with Gasteiger partial charge < -0.3 is 14.9 Å². The average Bonchev–Trinajstić information content (AvgIpc) is 3.31. The number of aliphatic hydroxyl groups excluding tert-OH is 2. The first kappa shape index (κ1) is 28.2. The van der Waals surface area contributed by atoms with E-state index in [0.717, 1.165) is 0 Å². The lowest BCUT2D eigenvalue weighted by molar-refractivity contribution is -0.123. The van der Waals surface area contributed by atoms with Gasteiger partial charge in [-0.05, 0) is 80.4 Å². The van der Waals surface area contributed by atoms with Crippen molar-refractivity contribution in [3.63, 3.8) is 0 Å². The van der Waals surface area contributed by atoms with E-state index in [4.69, 9.17) is 10.00 Å². The summed E-state index contributed by atoms with van der Waals surface area (Å²) in [7, 11) is -3.70. The van der Waals surface area contributed by atoms with Gasteiger partial charge in [-0.25, -0.2) is 13.4 Å². The SMILES string of the molecule is CC(C)(C)S(=O)(=O)c1cccc(C(Oc2ccc(C#N)cc2)C(=O)Nc2nc3cc(CO)c(CO)cc3s2)c1. The smallest absolute Gasteiger partial charge is 0.271 e. The summed E-state index contributed by atoms with van der Waals surface area (Å²) in [5, 5.41) is 31.3. The monoisotopic (exact) mass is 565 g/mol. The maximum absolute atomic E-state index is 13.6. The van der Waals surface area contributed by atoms with Crippen LogP contribution in [0.4, 0.5) is 5.13 Å². The Morgan fingerprint density at radius 3 is 2.36 bits per heavy atom. The molecule has 3 N–H and O–H groups in total. The number of anilines is 1. The molecule has 0 aliphatic rings. The largest absolute Gasteiger partial charge is 0.476 e. The predicted octanol–water partition coefficient (Wildman–Crippen LogP) is 4.48. The lowest BCUT2D eigenvalue weighted by Crippen LogP contribution is -2.29. The first-order valence-corrected chi connectivity index (χ1v) is 14.2. The number of carbonyl (C=O) groups excluding carboxylic acids is 1. The molecule has 0 bridgehead atoms. The van der Waals surface area contributed by atoms with Gasteiger partial charge in [0.2, 0.25) is 6.10 Å². The molecule has 4 rings (SSSR count). The second kappa shape index (κ2) is 11.1. The molecule has 1 aromatic heterocycles. The van der Waals surface area contributed by atoms with Crippen molar-refractivity contribution in [2.75, 3.05) is 5.32 Å². The molecule has 0 saturated carbocycles. The van der Waals surface area contributed by atoms with Crippen molar-refractivity contribution in [1.29, 1.82) is 5.26 Å². The molecule has 0 fully saturated rings. The minimum absolute atomic E-state index is 0.0572. The molecule has 1 atom stereocenters. The summed E-state index contributed by atoms with van der Waals surface area (Å²) in [5.74, 6) is -0.281. The van der Waals surface area contributed by atoms with Crippen LogP contribution in [-0.2, 0) is 27.8 Å². The highest BCUT2D eigenvalue weighted by Crippen LogP contribution is 2.32. The molecular weight excluding hydrogens is 538 g/mol. The van der Waals surface area contributed by atoms with Gasteiger partial charge in [-0.1, -0.05) is 23.5 Å². The topological polar surface area (TPSA) is 150 Å². The molecule has 11 heteroatoms. The normalized spacial score (nSPS) is 12.6. The molecule has 202 valence electrons. The Morgan fingerprint density at radius 1 is 1.08 bits per heavy atom. The van der Waals surface area contributed by atoms with Crippen LogP contribution in [0.25, 0.3) is 10.2 Å². The average molecular weight is 566 g/mol. The molecule has 0 aliphatic carbocycles. The number of rotatable bonds is 8. The maximum Gasteiger partial charge on any atom is 0.271 e. The van der Waals surface area contributed by atoms with Crippen molar-refractivity contribution in [2.24, 2.45) is 0 Å². The predicted molar refractivity (Wildman–Crippen MR) is 148 cm³/mol. The number of aromatic nitrogens is 1. The quantitative estimate of drug-likeness (QED) is 0.283. The van der Waals surface area contributed by atoms with E-state index in [2.05, 4.69) is 10.3 Å². The van der Waals surface area contributed by atoms with Crippen LogP contribution >= 0.6 is 11.3 Å². The van der Waals surface area contributed by atoms with Crippen molar-refractivity contribution < 1.29 is 28.2 Å². The molecule has 0 saturated heterocycles. The number of nitrogens with zero attached hydrogens (tertiary/aromatic N) is 2. The van der Waals surface area contributed by atoms with E-state index < -0.39 is 26.6 Å². The van der Waals surface area contributed by atoms with Crippen LogP contribution in [0.1, 0.15) is 49.1 Å². The number of amides is 1. The zero-order valence-electron chi connectivity index (χ0n) is 21.5. The number of ether oxygens (including phenoxy) is 1. The first-order valence-electron chi connectivity index (χ1n) is 11.9. The number of sulfone groups is 1. The number of fused-ring (bicyclic) bond motifs is 1. The minimum Gasteiger partial charge on any atom is -0.476 e. The van der Waals surface area contributed by atoms with Crippen molar-refractivity contribution >= 4 is 42.4 Å². The van der Waals surface area contributed by atoms with E-state index in [-0.39, 0.29) is 23.2 Å². The molecule has 9 nitrogen and oxygen atoms in total. The Balaban J connectivity index is 1.72. The summed E-state index contributed by atoms with van der Waals surface area (Å²) in [5.41, 5.74) is 2.37. The van der Waals surface area contributed by atoms with Crippen LogP contribution in [0.5, 0.6) is 5.75 Å². The van der Waals surface area contributed by atoms with Crippen LogP contribution in [0.2, 0.25) is 0 Å². The molecule has 0 spiro atoms. The van der Waals surface area contributed by atoms with E-state index in [1.54, 1.807) is 69.3 Å². The fourth-order valence-corrected chi connectivity index (χ4v) is 5.96.